The highest BCUT2D eigenvalue weighted by Crippen LogP contribution is 2.34. The van der Waals surface area contributed by atoms with Crippen molar-refractivity contribution in [3.63, 3.8) is 0 Å². The van der Waals surface area contributed by atoms with Crippen molar-refractivity contribution in [2.45, 2.75) is 31.3 Å². The molecule has 3 rings (SSSR count). The van der Waals surface area contributed by atoms with E-state index < -0.39 is 0 Å². The maximum absolute atomic E-state index is 4.47. The molecule has 3 heteroatoms. The van der Waals surface area contributed by atoms with Gasteiger partial charge < -0.3 is 5.32 Å². The lowest BCUT2D eigenvalue weighted by Gasteiger charge is -2.19. The molecule has 2 bridgehead atoms. The van der Waals surface area contributed by atoms with E-state index in [1.165, 1.54) is 24.1 Å². The fourth-order valence-electron chi connectivity index (χ4n) is 2.46. The predicted molar refractivity (Wildman–Crippen MR) is 45.8 cm³/mol. The van der Waals surface area contributed by atoms with Gasteiger partial charge in [-0.1, -0.05) is 0 Å². The van der Waals surface area contributed by atoms with Crippen LogP contribution in [-0.2, 0) is 13.5 Å². The van der Waals surface area contributed by atoms with E-state index in [0.717, 1.165) is 6.42 Å². The number of hydrogen-bond donors (Lipinski definition) is 1. The Kier molecular flexibility index (Phi) is 1.17. The van der Waals surface area contributed by atoms with Crippen molar-refractivity contribution in [3.8, 4) is 0 Å². The fourth-order valence-corrected chi connectivity index (χ4v) is 2.46. The summed E-state index contributed by atoms with van der Waals surface area (Å²) in [5.41, 5.74) is 2.76. The second-order valence-electron chi connectivity index (χ2n) is 3.90. The third kappa shape index (κ3) is 0.771. The molecule has 2 aliphatic rings. The van der Waals surface area contributed by atoms with E-state index in [4.69, 9.17) is 0 Å². The molecule has 2 atom stereocenters. The van der Waals surface area contributed by atoms with Gasteiger partial charge >= 0.3 is 0 Å². The molecule has 0 saturated carbocycles. The van der Waals surface area contributed by atoms with Gasteiger partial charge in [-0.3, -0.25) is 4.68 Å². The predicted octanol–water partition coefficient (Wildman–Crippen LogP) is 0.769. The first-order chi connectivity index (χ1) is 5.83. The molecule has 0 radical (unpaired) electrons. The molecule has 0 unspecified atom stereocenters. The molecule has 1 N–H and O–H groups in total. The lowest BCUT2D eigenvalue weighted by atomic mass is 10.0. The summed E-state index contributed by atoms with van der Waals surface area (Å²) in [7, 11) is 2.01. The number of aryl methyl sites for hydroxylation is 1. The standard InChI is InChI=1S/C9H13N3/c1-12-5-7-8-3-2-6(10-8)4-9(7)11-12/h5-6,8,10H,2-4H2,1H3/t6-,8-/m1/s1. The largest absolute Gasteiger partial charge is 0.307 e. The number of aromatic nitrogens is 2. The highest BCUT2D eigenvalue weighted by atomic mass is 15.3. The molecule has 0 amide bonds. The highest BCUT2D eigenvalue weighted by Gasteiger charge is 2.33. The normalized spacial score (nSPS) is 32.1. The van der Waals surface area contributed by atoms with Gasteiger partial charge in [-0.15, -0.1) is 0 Å². The molecule has 0 aromatic carbocycles. The minimum Gasteiger partial charge on any atom is -0.307 e. The summed E-state index contributed by atoms with van der Waals surface area (Å²) in [5, 5.41) is 8.08. The van der Waals surface area contributed by atoms with Crippen molar-refractivity contribution in [3.05, 3.63) is 17.5 Å². The van der Waals surface area contributed by atoms with Gasteiger partial charge in [-0.05, 0) is 12.8 Å². The topological polar surface area (TPSA) is 29.9 Å². The van der Waals surface area contributed by atoms with Crippen molar-refractivity contribution in [1.29, 1.82) is 0 Å². The minimum atomic E-state index is 0.604. The number of rotatable bonds is 0. The Morgan fingerprint density at radius 1 is 1.58 bits per heavy atom. The maximum Gasteiger partial charge on any atom is 0.0687 e. The van der Waals surface area contributed by atoms with E-state index >= 15 is 0 Å². The average Bonchev–Trinajstić information content (AvgIpc) is 2.57. The third-order valence-electron chi connectivity index (χ3n) is 2.99. The third-order valence-corrected chi connectivity index (χ3v) is 2.99. The van der Waals surface area contributed by atoms with Crippen molar-refractivity contribution < 1.29 is 0 Å². The molecule has 3 nitrogen and oxygen atoms in total. The van der Waals surface area contributed by atoms with E-state index in [9.17, 15) is 0 Å². The lowest BCUT2D eigenvalue weighted by Crippen LogP contribution is -2.31. The second kappa shape index (κ2) is 2.10. The summed E-state index contributed by atoms with van der Waals surface area (Å²) in [5.74, 6) is 0. The van der Waals surface area contributed by atoms with Gasteiger partial charge in [-0.25, -0.2) is 0 Å². The van der Waals surface area contributed by atoms with Crippen LogP contribution in [0, 0.1) is 0 Å². The molecule has 1 aromatic rings. The van der Waals surface area contributed by atoms with Crippen LogP contribution < -0.4 is 5.32 Å². The van der Waals surface area contributed by atoms with Gasteiger partial charge in [-0.2, -0.15) is 5.10 Å². The van der Waals surface area contributed by atoms with Crippen molar-refractivity contribution in [2.24, 2.45) is 7.05 Å². The SMILES string of the molecule is Cn1cc2c(n1)C[C@H]1CC[C@H]2N1. The van der Waals surface area contributed by atoms with E-state index in [2.05, 4.69) is 16.6 Å². The van der Waals surface area contributed by atoms with Crippen LogP contribution in [0.25, 0.3) is 0 Å². The molecule has 1 aromatic heterocycles. The summed E-state index contributed by atoms with van der Waals surface area (Å²) in [6, 6.07) is 1.31. The number of fused-ring (bicyclic) bond motifs is 4. The molecule has 1 fully saturated rings. The van der Waals surface area contributed by atoms with Crippen LogP contribution >= 0.6 is 0 Å². The molecular weight excluding hydrogens is 150 g/mol. The first-order valence-corrected chi connectivity index (χ1v) is 4.61. The van der Waals surface area contributed by atoms with Crippen LogP contribution in [0.3, 0.4) is 0 Å². The number of nitrogens with one attached hydrogen (secondary N) is 1. The second-order valence-corrected chi connectivity index (χ2v) is 3.90. The van der Waals surface area contributed by atoms with Crippen LogP contribution in [0.4, 0.5) is 0 Å². The Morgan fingerprint density at radius 2 is 2.50 bits per heavy atom. The van der Waals surface area contributed by atoms with Gasteiger partial charge in [0.05, 0.1) is 5.69 Å². The van der Waals surface area contributed by atoms with Crippen LogP contribution in [0.1, 0.15) is 30.1 Å². The Hall–Kier alpha value is -0.830. The summed E-state index contributed by atoms with van der Waals surface area (Å²) in [4.78, 5) is 0. The van der Waals surface area contributed by atoms with Gasteiger partial charge in [0.25, 0.3) is 0 Å². The summed E-state index contributed by atoms with van der Waals surface area (Å²) in [6.45, 7) is 0. The van der Waals surface area contributed by atoms with Gasteiger partial charge in [0.1, 0.15) is 0 Å². The zero-order chi connectivity index (χ0) is 8.13. The molecule has 2 aliphatic heterocycles. The lowest BCUT2D eigenvalue weighted by molar-refractivity contribution is 0.510. The Bertz CT molecular complexity index is 316. The van der Waals surface area contributed by atoms with Gasteiger partial charge in [0, 0.05) is 37.3 Å². The van der Waals surface area contributed by atoms with Crippen LogP contribution in [0.2, 0.25) is 0 Å². The Morgan fingerprint density at radius 3 is 3.42 bits per heavy atom. The van der Waals surface area contributed by atoms with Gasteiger partial charge in [0.2, 0.25) is 0 Å². The molecule has 12 heavy (non-hydrogen) atoms. The molecule has 64 valence electrons. The Labute approximate surface area is 71.8 Å². The quantitative estimate of drug-likeness (QED) is 0.612. The van der Waals surface area contributed by atoms with Crippen LogP contribution in [-0.4, -0.2) is 15.8 Å². The first-order valence-electron chi connectivity index (χ1n) is 4.61. The molecule has 3 heterocycles. The summed E-state index contributed by atoms with van der Waals surface area (Å²) >= 11 is 0. The summed E-state index contributed by atoms with van der Waals surface area (Å²) < 4.78 is 1.94. The van der Waals surface area contributed by atoms with E-state index in [1.807, 2.05) is 11.7 Å². The summed E-state index contributed by atoms with van der Waals surface area (Å²) in [6.07, 6.45) is 5.91. The molecular formula is C9H13N3. The number of hydrogen-bond acceptors (Lipinski definition) is 2. The molecule has 0 spiro atoms. The van der Waals surface area contributed by atoms with Crippen LogP contribution in [0.5, 0.6) is 0 Å². The van der Waals surface area contributed by atoms with E-state index in [-0.39, 0.29) is 0 Å². The van der Waals surface area contributed by atoms with Crippen molar-refractivity contribution >= 4 is 0 Å². The van der Waals surface area contributed by atoms with Crippen molar-refractivity contribution in [2.75, 3.05) is 0 Å². The van der Waals surface area contributed by atoms with E-state index in [1.54, 1.807) is 0 Å². The van der Waals surface area contributed by atoms with Gasteiger partial charge in [0.15, 0.2) is 0 Å². The Balaban J connectivity index is 2.11. The fraction of sp³-hybridized carbons (Fsp3) is 0.667. The maximum atomic E-state index is 4.47. The number of nitrogens with zero attached hydrogens (tertiary/aromatic N) is 2. The smallest absolute Gasteiger partial charge is 0.0687 e. The zero-order valence-corrected chi connectivity index (χ0v) is 7.25. The minimum absolute atomic E-state index is 0.604. The molecule has 1 saturated heterocycles. The van der Waals surface area contributed by atoms with Crippen molar-refractivity contribution in [1.82, 2.24) is 15.1 Å². The average molecular weight is 163 g/mol. The monoisotopic (exact) mass is 163 g/mol. The first kappa shape index (κ1) is 6.66. The van der Waals surface area contributed by atoms with Crippen LogP contribution in [0.15, 0.2) is 6.20 Å². The van der Waals surface area contributed by atoms with E-state index in [0.29, 0.717) is 12.1 Å². The zero-order valence-electron chi connectivity index (χ0n) is 7.25. The highest BCUT2D eigenvalue weighted by molar-refractivity contribution is 5.27. The molecule has 0 aliphatic carbocycles.